The lowest BCUT2D eigenvalue weighted by molar-refractivity contribution is -0.124. The van der Waals surface area contributed by atoms with Gasteiger partial charge in [-0.3, -0.25) is 9.69 Å². The second-order valence-electron chi connectivity index (χ2n) is 5.05. The quantitative estimate of drug-likeness (QED) is 0.873. The van der Waals surface area contributed by atoms with Crippen LogP contribution >= 0.6 is 23.2 Å². The smallest absolute Gasteiger partial charge is 0.221 e. The van der Waals surface area contributed by atoms with Crippen LogP contribution in [-0.2, 0) is 11.3 Å². The Labute approximate surface area is 122 Å². The maximum atomic E-state index is 11.3. The van der Waals surface area contributed by atoms with Gasteiger partial charge < -0.3 is 5.73 Å². The number of halogens is 2. The van der Waals surface area contributed by atoms with E-state index in [0.717, 1.165) is 18.4 Å². The van der Waals surface area contributed by atoms with E-state index in [2.05, 4.69) is 16.8 Å². The highest BCUT2D eigenvalue weighted by molar-refractivity contribution is 6.34. The van der Waals surface area contributed by atoms with Crippen molar-refractivity contribution < 1.29 is 4.79 Å². The molecule has 0 radical (unpaired) electrons. The molecule has 2 rings (SSSR count). The van der Waals surface area contributed by atoms with Crippen molar-refractivity contribution in [3.8, 4) is 0 Å². The fraction of sp³-hybridized carbons (Fsp3) is 0.538. The molecule has 2 heterocycles. The summed E-state index contributed by atoms with van der Waals surface area (Å²) in [6.45, 7) is 3.48. The maximum Gasteiger partial charge on any atom is 0.221 e. The Balaban J connectivity index is 2.09. The minimum atomic E-state index is -0.225. The number of likely N-dealkylation sites (tertiary alicyclic amines) is 1. The van der Waals surface area contributed by atoms with E-state index in [1.807, 2.05) is 0 Å². The zero-order valence-corrected chi connectivity index (χ0v) is 12.3. The van der Waals surface area contributed by atoms with Crippen LogP contribution in [0.5, 0.6) is 0 Å². The Bertz CT molecular complexity index is 481. The third-order valence-corrected chi connectivity index (χ3v) is 4.24. The number of aromatic nitrogens is 1. The Morgan fingerprint density at radius 2 is 2.26 bits per heavy atom. The van der Waals surface area contributed by atoms with E-state index >= 15 is 0 Å². The molecule has 6 heteroatoms. The van der Waals surface area contributed by atoms with Crippen molar-refractivity contribution in [3.05, 3.63) is 28.0 Å². The molecular weight excluding hydrogens is 285 g/mol. The summed E-state index contributed by atoms with van der Waals surface area (Å²) in [5, 5.41) is 0.990. The lowest BCUT2D eigenvalue weighted by Gasteiger charge is -2.36. The highest BCUT2D eigenvalue weighted by atomic mass is 35.5. The summed E-state index contributed by atoms with van der Waals surface area (Å²) in [5.41, 5.74) is 6.32. The Morgan fingerprint density at radius 1 is 1.53 bits per heavy atom. The zero-order chi connectivity index (χ0) is 14.0. The molecule has 1 saturated heterocycles. The predicted octanol–water partition coefficient (Wildman–Crippen LogP) is 2.47. The Hall–Kier alpha value is -0.840. The lowest BCUT2D eigenvalue weighted by Crippen LogP contribution is -2.45. The minimum absolute atomic E-state index is 0.0739. The van der Waals surface area contributed by atoms with E-state index in [1.54, 1.807) is 12.3 Å². The third kappa shape index (κ3) is 3.59. The number of piperidine rings is 1. The number of hydrogen-bond donors (Lipinski definition) is 1. The number of nitrogens with two attached hydrogens (primary N) is 1. The molecule has 4 nitrogen and oxygen atoms in total. The van der Waals surface area contributed by atoms with Crippen molar-refractivity contribution in [2.45, 2.75) is 32.4 Å². The second kappa shape index (κ2) is 6.07. The van der Waals surface area contributed by atoms with Gasteiger partial charge in [0, 0.05) is 35.9 Å². The van der Waals surface area contributed by atoms with Gasteiger partial charge in [0.1, 0.15) is 5.15 Å². The van der Waals surface area contributed by atoms with Crippen LogP contribution < -0.4 is 5.73 Å². The number of carbonyl (C=O) groups is 1. The largest absolute Gasteiger partial charge is 0.369 e. The lowest BCUT2D eigenvalue weighted by atomic mass is 9.92. The molecule has 1 amide bonds. The number of amides is 1. The SMILES string of the molecule is CC1CCC(C(N)=O)CN1Cc1cnc(Cl)cc1Cl. The van der Waals surface area contributed by atoms with Gasteiger partial charge in [0.15, 0.2) is 0 Å². The summed E-state index contributed by atoms with van der Waals surface area (Å²) < 4.78 is 0. The van der Waals surface area contributed by atoms with Gasteiger partial charge in [-0.25, -0.2) is 4.98 Å². The molecule has 2 N–H and O–H groups in total. The van der Waals surface area contributed by atoms with Crippen LogP contribution in [0.3, 0.4) is 0 Å². The van der Waals surface area contributed by atoms with E-state index in [1.165, 1.54) is 0 Å². The van der Waals surface area contributed by atoms with Crippen molar-refractivity contribution in [1.29, 1.82) is 0 Å². The van der Waals surface area contributed by atoms with E-state index in [-0.39, 0.29) is 11.8 Å². The minimum Gasteiger partial charge on any atom is -0.369 e. The van der Waals surface area contributed by atoms with Crippen molar-refractivity contribution in [1.82, 2.24) is 9.88 Å². The third-order valence-electron chi connectivity index (χ3n) is 3.68. The molecule has 0 aromatic carbocycles. The first-order valence-electron chi connectivity index (χ1n) is 6.30. The van der Waals surface area contributed by atoms with Gasteiger partial charge in [-0.05, 0) is 25.8 Å². The molecule has 1 aromatic heterocycles. The molecule has 1 aliphatic heterocycles. The van der Waals surface area contributed by atoms with Gasteiger partial charge in [-0.15, -0.1) is 0 Å². The number of nitrogens with zero attached hydrogens (tertiary/aromatic N) is 2. The van der Waals surface area contributed by atoms with Gasteiger partial charge >= 0.3 is 0 Å². The first-order valence-corrected chi connectivity index (χ1v) is 7.06. The molecule has 0 saturated carbocycles. The molecule has 0 spiro atoms. The number of hydrogen-bond acceptors (Lipinski definition) is 3. The number of carbonyl (C=O) groups excluding carboxylic acids is 1. The fourth-order valence-corrected chi connectivity index (χ4v) is 2.83. The topological polar surface area (TPSA) is 59.2 Å². The number of pyridine rings is 1. The molecule has 1 fully saturated rings. The van der Waals surface area contributed by atoms with Crippen LogP contribution in [-0.4, -0.2) is 28.4 Å². The summed E-state index contributed by atoms with van der Waals surface area (Å²) in [4.78, 5) is 17.6. The van der Waals surface area contributed by atoms with E-state index < -0.39 is 0 Å². The first kappa shape index (κ1) is 14.6. The van der Waals surface area contributed by atoms with Crippen LogP contribution in [0, 0.1) is 5.92 Å². The molecule has 0 bridgehead atoms. The Kier molecular flexibility index (Phi) is 4.66. The summed E-state index contributed by atoms with van der Waals surface area (Å²) in [6, 6.07) is 2.04. The fourth-order valence-electron chi connectivity index (χ4n) is 2.40. The van der Waals surface area contributed by atoms with Gasteiger partial charge in [-0.1, -0.05) is 23.2 Å². The molecule has 19 heavy (non-hydrogen) atoms. The highest BCUT2D eigenvalue weighted by Crippen LogP contribution is 2.26. The molecule has 1 aromatic rings. The van der Waals surface area contributed by atoms with Crippen LogP contribution in [0.15, 0.2) is 12.3 Å². The standard InChI is InChI=1S/C13H17Cl2N3O/c1-8-2-3-9(13(16)19)6-18(8)7-10-5-17-12(15)4-11(10)14/h4-5,8-9H,2-3,6-7H2,1H3,(H2,16,19). The summed E-state index contributed by atoms with van der Waals surface area (Å²) >= 11 is 11.9. The maximum absolute atomic E-state index is 11.3. The number of rotatable bonds is 3. The summed E-state index contributed by atoms with van der Waals surface area (Å²) in [5.74, 6) is -0.299. The summed E-state index contributed by atoms with van der Waals surface area (Å²) in [7, 11) is 0. The predicted molar refractivity (Wildman–Crippen MR) is 76.0 cm³/mol. The van der Waals surface area contributed by atoms with Gasteiger partial charge in [-0.2, -0.15) is 0 Å². The zero-order valence-electron chi connectivity index (χ0n) is 10.8. The average Bonchev–Trinajstić information content (AvgIpc) is 2.34. The van der Waals surface area contributed by atoms with E-state index in [0.29, 0.717) is 29.3 Å². The molecule has 2 atom stereocenters. The second-order valence-corrected chi connectivity index (χ2v) is 5.85. The normalized spacial score (nSPS) is 24.4. The number of primary amides is 1. The van der Waals surface area contributed by atoms with Gasteiger partial charge in [0.2, 0.25) is 5.91 Å². The first-order chi connectivity index (χ1) is 8.97. The van der Waals surface area contributed by atoms with Gasteiger partial charge in [0.05, 0.1) is 5.92 Å². The molecular formula is C13H17Cl2N3O. The molecule has 104 valence electrons. The van der Waals surface area contributed by atoms with E-state index in [9.17, 15) is 4.79 Å². The monoisotopic (exact) mass is 301 g/mol. The van der Waals surface area contributed by atoms with Gasteiger partial charge in [0.25, 0.3) is 0 Å². The van der Waals surface area contributed by atoms with Crippen LogP contribution in [0.4, 0.5) is 0 Å². The molecule has 0 aliphatic carbocycles. The highest BCUT2D eigenvalue weighted by Gasteiger charge is 2.28. The van der Waals surface area contributed by atoms with Crippen molar-refractivity contribution in [3.63, 3.8) is 0 Å². The summed E-state index contributed by atoms with van der Waals surface area (Å²) in [6.07, 6.45) is 3.51. The van der Waals surface area contributed by atoms with Crippen molar-refractivity contribution in [2.24, 2.45) is 11.7 Å². The molecule has 2 unspecified atom stereocenters. The van der Waals surface area contributed by atoms with E-state index in [4.69, 9.17) is 28.9 Å². The Morgan fingerprint density at radius 3 is 2.89 bits per heavy atom. The average molecular weight is 302 g/mol. The van der Waals surface area contributed by atoms with Crippen molar-refractivity contribution in [2.75, 3.05) is 6.54 Å². The molecule has 1 aliphatic rings. The van der Waals surface area contributed by atoms with Crippen LogP contribution in [0.1, 0.15) is 25.3 Å². The van der Waals surface area contributed by atoms with Crippen LogP contribution in [0.25, 0.3) is 0 Å². The van der Waals surface area contributed by atoms with Crippen LogP contribution in [0.2, 0.25) is 10.2 Å². The van der Waals surface area contributed by atoms with Crippen molar-refractivity contribution >= 4 is 29.1 Å².